The second-order valence-electron chi connectivity index (χ2n) is 1.19. The van der Waals surface area contributed by atoms with Gasteiger partial charge in [-0.25, -0.2) is 0 Å². The molecule has 24 heavy (non-hydrogen) atoms. The van der Waals surface area contributed by atoms with Crippen LogP contribution in [0.3, 0.4) is 0 Å². The number of hydrogen-bond acceptors (Lipinski definition) is 15. The molecule has 0 aliphatic carbocycles. The van der Waals surface area contributed by atoms with Crippen molar-refractivity contribution in [1.82, 2.24) is 0 Å². The normalized spacial score (nSPS) is 7.50. The first-order valence-corrected chi connectivity index (χ1v) is 8.48. The van der Waals surface area contributed by atoms with Crippen molar-refractivity contribution in [2.75, 3.05) is 0 Å². The van der Waals surface area contributed by atoms with Gasteiger partial charge >= 0.3 is 110 Å². The maximum absolute atomic E-state index is 8.59. The molecule has 0 atom stereocenters. The largest absolute Gasteiger partial charge is 3.00 e. The van der Waals surface area contributed by atoms with Gasteiger partial charge in [-0.3, -0.25) is 0 Å². The summed E-state index contributed by atoms with van der Waals surface area (Å²) < 4.78 is 0. The molecule has 0 radical (unpaired) electrons. The Hall–Kier alpha value is 5.13. The van der Waals surface area contributed by atoms with Crippen molar-refractivity contribution >= 4 is 153 Å². The first kappa shape index (κ1) is 56.9. The molecule has 0 saturated carbocycles. The Morgan fingerprint density at radius 1 is 0.333 bits per heavy atom. The minimum absolute atomic E-state index is 0. The van der Waals surface area contributed by atoms with E-state index < -0.39 is 43.0 Å². The molecule has 0 saturated heterocycles. The predicted molar refractivity (Wildman–Crippen MR) is 68.7 cm³/mol. The Morgan fingerprint density at radius 3 is 0.333 bits per heavy atom. The van der Waals surface area contributed by atoms with Crippen molar-refractivity contribution in [2.24, 2.45) is 0 Å². The zero-order valence-corrected chi connectivity index (χ0v) is 22.3. The molecule has 0 unspecified atom stereocenters. The van der Waals surface area contributed by atoms with Gasteiger partial charge in [-0.05, 0) is 0 Å². The van der Waals surface area contributed by atoms with Crippen molar-refractivity contribution in [3.05, 3.63) is 0 Å². The van der Waals surface area contributed by atoms with Crippen LogP contribution in [0.25, 0.3) is 0 Å². The maximum atomic E-state index is 8.59. The molecule has 0 fully saturated rings. The van der Waals surface area contributed by atoms with E-state index in [0.717, 1.165) is 0 Å². The molecule has 0 bridgehead atoms. The van der Waals surface area contributed by atoms with Gasteiger partial charge in [0.05, 0.1) is 0 Å². The molecule has 0 aliphatic heterocycles. The van der Waals surface area contributed by atoms with E-state index >= 15 is 0 Å². The minimum atomic E-state index is -3.12. The molecule has 0 rings (SSSR count). The van der Waals surface area contributed by atoms with Gasteiger partial charge in [0, 0.05) is 0 Å². The fourth-order valence-corrected chi connectivity index (χ4v) is 0. The summed E-state index contributed by atoms with van der Waals surface area (Å²) in [6.07, 6.45) is 0. The van der Waals surface area contributed by atoms with Gasteiger partial charge in [0.1, 0.15) is 0 Å². The van der Waals surface area contributed by atoms with E-state index in [4.69, 9.17) is 73.4 Å². The molecular weight excluding hydrogens is 529 g/mol. The van der Waals surface area contributed by atoms with Crippen molar-refractivity contribution < 1.29 is 73.4 Å². The average molecular weight is 534 g/mol. The molecule has 130 valence electrons. The fraction of sp³-hybridized carbons (Fsp3) is 0. The van der Waals surface area contributed by atoms with E-state index in [1.54, 1.807) is 0 Å². The van der Waals surface area contributed by atoms with E-state index in [2.05, 4.69) is 0 Å². The topological polar surface area (TPSA) is 332 Å². The monoisotopic (exact) mass is 534 g/mol. The SMILES string of the molecule is [Al+3].[Al+3].[Ca+2].[Ca+2].[O-]P([O-])O.[O-]P([O-])O.[O-]P([O-])O.[O-]P([O-])O.[O-]P([O-])O. The zero-order chi connectivity index (χ0) is 17.9. The van der Waals surface area contributed by atoms with E-state index in [0.29, 0.717) is 0 Å². The van der Waals surface area contributed by atoms with Crippen LogP contribution in [0.15, 0.2) is 0 Å². The van der Waals surface area contributed by atoms with Crippen LogP contribution < -0.4 is 48.9 Å². The van der Waals surface area contributed by atoms with E-state index in [9.17, 15) is 0 Å². The first-order chi connectivity index (χ1) is 8.66. The maximum Gasteiger partial charge on any atom is 3.00 e. The Bertz CT molecular complexity index is 94.4. The van der Waals surface area contributed by atoms with Gasteiger partial charge < -0.3 is 73.4 Å². The van der Waals surface area contributed by atoms with Gasteiger partial charge in [0.15, 0.2) is 0 Å². The summed E-state index contributed by atoms with van der Waals surface area (Å²) in [7, 11) is -15.6. The summed E-state index contributed by atoms with van der Waals surface area (Å²) in [5.74, 6) is 0. The molecule has 0 amide bonds. The molecular formula is H5Al2Ca2O15P5. The summed E-state index contributed by atoms with van der Waals surface area (Å²) in [6, 6.07) is 0. The smallest absolute Gasteiger partial charge is 0.820 e. The van der Waals surface area contributed by atoms with E-state index in [1.165, 1.54) is 0 Å². The molecule has 0 heterocycles. The van der Waals surface area contributed by atoms with E-state index in [1.807, 2.05) is 0 Å². The van der Waals surface area contributed by atoms with Crippen LogP contribution in [0.5, 0.6) is 0 Å². The number of rotatable bonds is 0. The Labute approximate surface area is 223 Å². The molecule has 0 aliphatic rings. The van der Waals surface area contributed by atoms with Gasteiger partial charge in [-0.2, -0.15) is 43.0 Å². The summed E-state index contributed by atoms with van der Waals surface area (Å²) in [5, 5.41) is 0. The third-order valence-corrected chi connectivity index (χ3v) is 0. The molecule has 15 nitrogen and oxygen atoms in total. The quantitative estimate of drug-likeness (QED) is 0.142. The molecule has 5 N–H and O–H groups in total. The zero-order valence-electron chi connectivity index (χ0n) is 11.1. The third kappa shape index (κ3) is 703. The Morgan fingerprint density at radius 2 is 0.333 bits per heavy atom. The molecule has 0 aromatic carbocycles. The summed E-state index contributed by atoms with van der Waals surface area (Å²) >= 11 is 0. The Balaban J connectivity index is -0.0000000161. The van der Waals surface area contributed by atoms with Gasteiger partial charge in [-0.15, -0.1) is 0 Å². The standard InChI is InChI=1S/2Al.2Ca.5HO3P/c;;;;5*1-4(2)3/h;;;;5*1H/q2*+3;2*+2;5*-2. The van der Waals surface area contributed by atoms with Crippen molar-refractivity contribution in [2.45, 2.75) is 0 Å². The van der Waals surface area contributed by atoms with Crippen LogP contribution in [-0.4, -0.2) is 135 Å². The summed E-state index contributed by atoms with van der Waals surface area (Å²) in [5.41, 5.74) is 0. The van der Waals surface area contributed by atoms with Gasteiger partial charge in [0.2, 0.25) is 0 Å². The predicted octanol–water partition coefficient (Wildman–Crippen LogP) is -11.9. The van der Waals surface area contributed by atoms with Crippen molar-refractivity contribution in [3.8, 4) is 0 Å². The number of hydrogen-bond donors (Lipinski definition) is 5. The van der Waals surface area contributed by atoms with Crippen molar-refractivity contribution in [1.29, 1.82) is 0 Å². The average Bonchev–Trinajstić information content (AvgIpc) is 1.94. The fourth-order valence-electron chi connectivity index (χ4n) is 0. The van der Waals surface area contributed by atoms with Crippen LogP contribution in [0.4, 0.5) is 0 Å². The molecule has 0 aromatic heterocycles. The van der Waals surface area contributed by atoms with Crippen LogP contribution in [0.2, 0.25) is 0 Å². The third-order valence-electron chi connectivity index (χ3n) is 0. The van der Waals surface area contributed by atoms with Crippen LogP contribution in [0.1, 0.15) is 0 Å². The van der Waals surface area contributed by atoms with E-state index in [-0.39, 0.29) is 110 Å². The minimum Gasteiger partial charge on any atom is -0.820 e. The second-order valence-corrected chi connectivity index (χ2v) is 3.57. The van der Waals surface area contributed by atoms with Gasteiger partial charge in [0.25, 0.3) is 0 Å². The molecule has 0 aromatic rings. The Kier molecular flexibility index (Phi) is 121. The van der Waals surface area contributed by atoms with Gasteiger partial charge in [-0.1, -0.05) is 0 Å². The van der Waals surface area contributed by atoms with Crippen LogP contribution in [0, 0.1) is 0 Å². The van der Waals surface area contributed by atoms with Crippen molar-refractivity contribution in [3.63, 3.8) is 0 Å². The summed E-state index contributed by atoms with van der Waals surface area (Å²) in [4.78, 5) is 121. The van der Waals surface area contributed by atoms with Crippen LogP contribution in [-0.2, 0) is 0 Å². The molecule has 24 heteroatoms. The molecule has 0 spiro atoms. The first-order valence-electron chi connectivity index (χ1n) is 2.83. The second kappa shape index (κ2) is 51.1. The van der Waals surface area contributed by atoms with Crippen LogP contribution >= 0.6 is 43.0 Å². The summed E-state index contributed by atoms with van der Waals surface area (Å²) in [6.45, 7) is 0.